The van der Waals surface area contributed by atoms with Crippen LogP contribution in [0.1, 0.15) is 27.7 Å². The molecule has 26 heavy (non-hydrogen) atoms. The maximum absolute atomic E-state index is 9.54. The van der Waals surface area contributed by atoms with Gasteiger partial charge in [-0.25, -0.2) is 0 Å². The third-order valence-electron chi connectivity index (χ3n) is 0.495. The molecule has 10 N–H and O–H groups in total. The van der Waals surface area contributed by atoms with Crippen LogP contribution in [0.3, 0.4) is 0 Å². The molecule has 0 aromatic heterocycles. The zero-order valence-corrected chi connectivity index (χ0v) is 15.6. The number of nitrogens with two attached hydrogens (primary N) is 2. The van der Waals surface area contributed by atoms with E-state index in [-0.39, 0.29) is 6.54 Å². The first-order chi connectivity index (χ1) is 11.6. The summed E-state index contributed by atoms with van der Waals surface area (Å²) in [4.78, 5) is 45.5. The number of aliphatic carboxylic acids is 5. The van der Waals surface area contributed by atoms with E-state index in [0.717, 1.165) is 27.7 Å². The summed E-state index contributed by atoms with van der Waals surface area (Å²) < 4.78 is 0. The number of carboxylic acids is 5. The Morgan fingerprint density at radius 3 is 0.808 bits per heavy atom. The Kier molecular flexibility index (Phi) is 56.6. The van der Waals surface area contributed by atoms with Gasteiger partial charge in [-0.05, 0) is 7.05 Å². The normalized spacial score (nSPS) is 6.88. The fraction of sp³-hybridized carbons (Fsp3) is 0.615. The quantitative estimate of drug-likeness (QED) is 0.275. The molecule has 0 atom stereocenters. The smallest absolute Gasteiger partial charge is 0.317 e. The van der Waals surface area contributed by atoms with Gasteiger partial charge in [-0.3, -0.25) is 24.0 Å². The van der Waals surface area contributed by atoms with Gasteiger partial charge in [0.2, 0.25) is 0 Å². The van der Waals surface area contributed by atoms with Crippen LogP contribution in [0, 0.1) is 0 Å². The molecule has 0 heterocycles. The molecule has 0 radical (unpaired) electrons. The summed E-state index contributed by atoms with van der Waals surface area (Å²) in [7, 11) is 1.59. The van der Waals surface area contributed by atoms with Crippen molar-refractivity contribution in [2.45, 2.75) is 27.7 Å². The minimum atomic E-state index is -0.833. The largest absolute Gasteiger partial charge is 0.481 e. The number of carboxylic acid groups (broad SMARTS) is 5. The van der Waals surface area contributed by atoms with Crippen LogP contribution in [0.15, 0.2) is 0 Å². The molecule has 0 saturated carbocycles. The van der Waals surface area contributed by atoms with E-state index in [0.29, 0.717) is 13.1 Å². The molecule has 158 valence electrons. The van der Waals surface area contributed by atoms with Crippen LogP contribution < -0.4 is 16.8 Å². The topological polar surface area (TPSA) is 251 Å². The Bertz CT molecular complexity index is 296. The van der Waals surface area contributed by atoms with Gasteiger partial charge in [0.1, 0.15) is 0 Å². The van der Waals surface area contributed by atoms with Crippen molar-refractivity contribution in [1.29, 1.82) is 0 Å². The molecule has 0 aromatic rings. The molecule has 0 aliphatic heterocycles. The maximum atomic E-state index is 9.54. The number of carbonyl (C=O) groups is 5. The number of likely N-dealkylation sites (N-methyl/N-ethyl adjacent to an activating group) is 1. The van der Waals surface area contributed by atoms with E-state index in [9.17, 15) is 4.79 Å². The summed E-state index contributed by atoms with van der Waals surface area (Å²) >= 11 is 0. The molecule has 0 aliphatic rings. The molecule has 0 fully saturated rings. The van der Waals surface area contributed by atoms with Crippen LogP contribution in [0.25, 0.3) is 0 Å². The summed E-state index contributed by atoms with van der Waals surface area (Å²) in [6.45, 7) is 5.57. The Morgan fingerprint density at radius 2 is 0.808 bits per heavy atom. The highest BCUT2D eigenvalue weighted by atomic mass is 16.4. The second-order valence-electron chi connectivity index (χ2n) is 3.58. The van der Waals surface area contributed by atoms with Gasteiger partial charge in [-0.2, -0.15) is 0 Å². The molecular formula is C13H31N3O10. The summed E-state index contributed by atoms with van der Waals surface area (Å²) in [5, 5.41) is 40.0. The maximum Gasteiger partial charge on any atom is 0.317 e. The first-order valence-corrected chi connectivity index (χ1v) is 6.66. The average molecular weight is 389 g/mol. The minimum absolute atomic E-state index is 0.0417. The van der Waals surface area contributed by atoms with E-state index < -0.39 is 29.8 Å². The minimum Gasteiger partial charge on any atom is -0.481 e. The van der Waals surface area contributed by atoms with Crippen molar-refractivity contribution in [3.05, 3.63) is 0 Å². The second kappa shape index (κ2) is 38.0. The predicted molar refractivity (Wildman–Crippen MR) is 92.9 cm³/mol. The lowest BCUT2D eigenvalue weighted by molar-refractivity contribution is -0.136. The Balaban J connectivity index is -0.0000000466. The number of hydrogen-bond acceptors (Lipinski definition) is 8. The number of hydrogen-bond donors (Lipinski definition) is 8. The third kappa shape index (κ3) is 5740. The zero-order valence-electron chi connectivity index (χ0n) is 15.6. The van der Waals surface area contributed by atoms with Crippen molar-refractivity contribution in [2.75, 3.05) is 26.7 Å². The first-order valence-electron chi connectivity index (χ1n) is 6.66. The molecule has 0 aliphatic carbocycles. The Labute approximate surface area is 151 Å². The fourth-order valence-corrected chi connectivity index (χ4v) is 0.151. The molecule has 0 rings (SSSR count). The van der Waals surface area contributed by atoms with Gasteiger partial charge in [0.15, 0.2) is 0 Å². The van der Waals surface area contributed by atoms with E-state index in [1.165, 1.54) is 0 Å². The van der Waals surface area contributed by atoms with Crippen molar-refractivity contribution in [1.82, 2.24) is 5.32 Å². The number of rotatable bonds is 3. The highest BCUT2D eigenvalue weighted by molar-refractivity contribution is 5.68. The molecule has 0 saturated heterocycles. The van der Waals surface area contributed by atoms with Gasteiger partial charge in [-0.1, -0.05) is 0 Å². The highest BCUT2D eigenvalue weighted by Gasteiger charge is 1.86. The summed E-state index contributed by atoms with van der Waals surface area (Å²) in [6, 6.07) is 0. The molecule has 0 unspecified atom stereocenters. The van der Waals surface area contributed by atoms with Gasteiger partial charge in [0.05, 0.1) is 6.54 Å². The average Bonchev–Trinajstić information content (AvgIpc) is 2.36. The van der Waals surface area contributed by atoms with E-state index in [2.05, 4.69) is 5.32 Å². The van der Waals surface area contributed by atoms with Gasteiger partial charge < -0.3 is 42.3 Å². The van der Waals surface area contributed by atoms with E-state index in [1.54, 1.807) is 7.05 Å². The molecule has 0 spiro atoms. The molecule has 0 aromatic carbocycles. The fourth-order valence-electron chi connectivity index (χ4n) is 0.151. The lowest BCUT2D eigenvalue weighted by Crippen LogP contribution is -2.16. The lowest BCUT2D eigenvalue weighted by atomic mass is 10.7. The predicted octanol–water partition coefficient (Wildman–Crippen LogP) is -1.44. The van der Waals surface area contributed by atoms with Crippen molar-refractivity contribution < 1.29 is 49.5 Å². The molecule has 13 nitrogen and oxygen atoms in total. The van der Waals surface area contributed by atoms with Crippen LogP contribution in [-0.2, 0) is 24.0 Å². The first kappa shape index (κ1) is 38.7. The van der Waals surface area contributed by atoms with Crippen molar-refractivity contribution in [3.63, 3.8) is 0 Å². The standard InChI is InChI=1S/C3H7NO2.C2H8N2.4C2H4O2/c1-4-2-3(5)6;3-1-2-4;4*1-2(3)4/h4H,2H2,1H3,(H,5,6);1-4H2;4*1H3,(H,3,4). The highest BCUT2D eigenvalue weighted by Crippen LogP contribution is 1.50. The van der Waals surface area contributed by atoms with E-state index in [1.807, 2.05) is 0 Å². The third-order valence-corrected chi connectivity index (χ3v) is 0.495. The zero-order chi connectivity index (χ0) is 22.7. The van der Waals surface area contributed by atoms with Gasteiger partial charge in [0, 0.05) is 40.8 Å². The Morgan fingerprint density at radius 1 is 0.654 bits per heavy atom. The van der Waals surface area contributed by atoms with Crippen molar-refractivity contribution >= 4 is 29.8 Å². The van der Waals surface area contributed by atoms with Crippen LogP contribution in [0.4, 0.5) is 0 Å². The molecule has 0 amide bonds. The van der Waals surface area contributed by atoms with E-state index in [4.69, 9.17) is 56.2 Å². The van der Waals surface area contributed by atoms with Gasteiger partial charge >= 0.3 is 5.97 Å². The molecule has 0 bridgehead atoms. The molecular weight excluding hydrogens is 358 g/mol. The monoisotopic (exact) mass is 389 g/mol. The van der Waals surface area contributed by atoms with Gasteiger partial charge in [0.25, 0.3) is 23.9 Å². The summed E-state index contributed by atoms with van der Waals surface area (Å²) in [6.07, 6.45) is 0. The van der Waals surface area contributed by atoms with Gasteiger partial charge in [-0.15, -0.1) is 0 Å². The van der Waals surface area contributed by atoms with Crippen molar-refractivity contribution in [3.8, 4) is 0 Å². The van der Waals surface area contributed by atoms with Crippen LogP contribution in [0.5, 0.6) is 0 Å². The summed E-state index contributed by atoms with van der Waals surface area (Å²) in [5.74, 6) is -4.16. The van der Waals surface area contributed by atoms with E-state index >= 15 is 0 Å². The van der Waals surface area contributed by atoms with Crippen LogP contribution in [-0.4, -0.2) is 82.1 Å². The lowest BCUT2D eigenvalue weighted by Gasteiger charge is -1.84. The molecule has 13 heteroatoms. The Hall–Kier alpha value is -2.77. The summed E-state index contributed by atoms with van der Waals surface area (Å²) in [5.41, 5.74) is 9.81. The van der Waals surface area contributed by atoms with Crippen molar-refractivity contribution in [2.24, 2.45) is 11.5 Å². The number of nitrogens with one attached hydrogen (secondary N) is 1. The SMILES string of the molecule is CC(=O)O.CC(=O)O.CC(=O)O.CC(=O)O.CNCC(=O)O.NCCN. The second-order valence-corrected chi connectivity index (χ2v) is 3.58. The van der Waals surface area contributed by atoms with Crippen LogP contribution in [0.2, 0.25) is 0 Å². The van der Waals surface area contributed by atoms with Crippen LogP contribution >= 0.6 is 0 Å².